The second kappa shape index (κ2) is 6.23. The van der Waals surface area contributed by atoms with Gasteiger partial charge in [-0.2, -0.15) is 0 Å². The van der Waals surface area contributed by atoms with Crippen molar-refractivity contribution < 1.29 is 4.79 Å². The lowest BCUT2D eigenvalue weighted by Gasteiger charge is -2.32. The second-order valence-corrected chi connectivity index (χ2v) is 7.15. The fourth-order valence-electron chi connectivity index (χ4n) is 2.77. The van der Waals surface area contributed by atoms with E-state index in [2.05, 4.69) is 34.7 Å². The molecular weight excluding hydrogens is 302 g/mol. The van der Waals surface area contributed by atoms with Crippen LogP contribution < -0.4 is 10.2 Å². The van der Waals surface area contributed by atoms with Crippen LogP contribution in [0.25, 0.3) is 10.2 Å². The Morgan fingerprint density at radius 2 is 2.38 bits per heavy atom. The molecule has 1 aromatic heterocycles. The lowest BCUT2D eigenvalue weighted by Crippen LogP contribution is -2.47. The van der Waals surface area contributed by atoms with Crippen LogP contribution in [-0.2, 0) is 4.79 Å². The van der Waals surface area contributed by atoms with Gasteiger partial charge in [0.2, 0.25) is 5.91 Å². The predicted octanol–water partition coefficient (Wildman–Crippen LogP) is 3.12. The summed E-state index contributed by atoms with van der Waals surface area (Å²) in [7, 11) is 0. The molecule has 1 aliphatic heterocycles. The number of benzene rings is 1. The molecule has 1 fully saturated rings. The van der Waals surface area contributed by atoms with E-state index in [1.54, 1.807) is 30.0 Å². The van der Waals surface area contributed by atoms with Crippen LogP contribution in [0.2, 0.25) is 0 Å². The summed E-state index contributed by atoms with van der Waals surface area (Å²) in [5.74, 6) is 0.0517. The molecule has 21 heavy (non-hydrogen) atoms. The molecule has 0 spiro atoms. The number of hydrogen-bond acceptors (Lipinski definition) is 5. The zero-order valence-electron chi connectivity index (χ0n) is 12.3. The molecule has 1 amide bonds. The average molecular weight is 321 g/mol. The van der Waals surface area contributed by atoms with Crippen LogP contribution in [0.5, 0.6) is 0 Å². The molecule has 2 aromatic rings. The summed E-state index contributed by atoms with van der Waals surface area (Å²) in [5, 5.41) is 4.10. The monoisotopic (exact) mass is 321 g/mol. The van der Waals surface area contributed by atoms with E-state index in [4.69, 9.17) is 4.98 Å². The number of rotatable bonds is 3. The lowest BCUT2D eigenvalue weighted by atomic mass is 10.1. The van der Waals surface area contributed by atoms with E-state index in [1.807, 2.05) is 0 Å². The number of fused-ring (bicyclic) bond motifs is 1. The number of amides is 1. The van der Waals surface area contributed by atoms with Crippen LogP contribution in [0.1, 0.15) is 19.8 Å². The summed E-state index contributed by atoms with van der Waals surface area (Å²) >= 11 is 3.48. The maximum absolute atomic E-state index is 11.2. The molecule has 3 rings (SSSR count). The van der Waals surface area contributed by atoms with E-state index in [-0.39, 0.29) is 11.9 Å². The lowest BCUT2D eigenvalue weighted by molar-refractivity contribution is -0.119. The summed E-state index contributed by atoms with van der Waals surface area (Å²) in [6, 6.07) is 6.58. The average Bonchev–Trinajstić information content (AvgIpc) is 2.90. The van der Waals surface area contributed by atoms with Gasteiger partial charge in [0.1, 0.15) is 0 Å². The van der Waals surface area contributed by atoms with Crippen LogP contribution in [0.4, 0.5) is 5.13 Å². The summed E-state index contributed by atoms with van der Waals surface area (Å²) in [6.07, 6.45) is 4.23. The predicted molar refractivity (Wildman–Crippen MR) is 90.5 cm³/mol. The standard InChI is InChI=1S/C15H19N3OS2/c1-10(19)16-11-5-4-8-18(9-11)15-17-14-12(20-2)6-3-7-13(14)21-15/h3,6-7,11H,4-5,8-9H2,1-2H3,(H,16,19). The van der Waals surface area contributed by atoms with Crippen molar-refractivity contribution in [2.45, 2.75) is 30.7 Å². The van der Waals surface area contributed by atoms with Crippen molar-refractivity contribution in [1.29, 1.82) is 0 Å². The van der Waals surface area contributed by atoms with Gasteiger partial charge < -0.3 is 10.2 Å². The van der Waals surface area contributed by atoms with Crippen LogP contribution in [-0.4, -0.2) is 36.3 Å². The van der Waals surface area contributed by atoms with E-state index >= 15 is 0 Å². The maximum Gasteiger partial charge on any atom is 0.217 e. The Labute approximate surface area is 132 Å². The number of carbonyl (C=O) groups is 1. The van der Waals surface area contributed by atoms with Gasteiger partial charge in [-0.15, -0.1) is 11.8 Å². The van der Waals surface area contributed by atoms with Gasteiger partial charge in [0.25, 0.3) is 0 Å². The Bertz CT molecular complexity index is 655. The number of hydrogen-bond donors (Lipinski definition) is 1. The highest BCUT2D eigenvalue weighted by molar-refractivity contribution is 7.98. The third kappa shape index (κ3) is 3.16. The molecule has 1 aromatic carbocycles. The quantitative estimate of drug-likeness (QED) is 0.882. The maximum atomic E-state index is 11.2. The number of thioether (sulfide) groups is 1. The number of carbonyl (C=O) groups excluding carboxylic acids is 1. The largest absolute Gasteiger partial charge is 0.352 e. The third-order valence-electron chi connectivity index (χ3n) is 3.69. The van der Waals surface area contributed by atoms with E-state index in [0.29, 0.717) is 0 Å². The molecule has 0 bridgehead atoms. The van der Waals surface area contributed by atoms with Crippen LogP contribution in [0.3, 0.4) is 0 Å². The minimum atomic E-state index is 0.0517. The molecule has 1 N–H and O–H groups in total. The number of thiazole rings is 1. The first-order valence-electron chi connectivity index (χ1n) is 7.13. The summed E-state index contributed by atoms with van der Waals surface area (Å²) in [4.78, 5) is 19.6. The molecule has 6 heteroatoms. The first kappa shape index (κ1) is 14.7. The van der Waals surface area contributed by atoms with Crippen molar-refractivity contribution in [3.05, 3.63) is 18.2 Å². The Kier molecular flexibility index (Phi) is 4.35. The first-order chi connectivity index (χ1) is 10.2. The van der Waals surface area contributed by atoms with E-state index in [0.717, 1.165) is 36.6 Å². The van der Waals surface area contributed by atoms with E-state index in [9.17, 15) is 4.79 Å². The van der Waals surface area contributed by atoms with Crippen molar-refractivity contribution >= 4 is 44.4 Å². The molecule has 1 unspecified atom stereocenters. The van der Waals surface area contributed by atoms with Crippen molar-refractivity contribution in [2.24, 2.45) is 0 Å². The highest BCUT2D eigenvalue weighted by Crippen LogP contribution is 2.34. The molecule has 1 saturated heterocycles. The molecule has 1 atom stereocenters. The van der Waals surface area contributed by atoms with Crippen molar-refractivity contribution in [1.82, 2.24) is 10.3 Å². The molecule has 0 radical (unpaired) electrons. The third-order valence-corrected chi connectivity index (χ3v) is 5.54. The van der Waals surface area contributed by atoms with Gasteiger partial charge >= 0.3 is 0 Å². The van der Waals surface area contributed by atoms with Gasteiger partial charge in [0.15, 0.2) is 5.13 Å². The van der Waals surface area contributed by atoms with Crippen molar-refractivity contribution in [2.75, 3.05) is 24.2 Å². The molecule has 1 aliphatic rings. The van der Waals surface area contributed by atoms with Gasteiger partial charge in [-0.1, -0.05) is 17.4 Å². The zero-order valence-corrected chi connectivity index (χ0v) is 13.9. The van der Waals surface area contributed by atoms with Gasteiger partial charge in [0.05, 0.1) is 10.2 Å². The topological polar surface area (TPSA) is 45.2 Å². The molecule has 4 nitrogen and oxygen atoms in total. The number of aromatic nitrogens is 1. The number of piperidine rings is 1. The fraction of sp³-hybridized carbons (Fsp3) is 0.467. The normalized spacial score (nSPS) is 19.0. The van der Waals surface area contributed by atoms with Crippen molar-refractivity contribution in [3.8, 4) is 0 Å². The van der Waals surface area contributed by atoms with Crippen LogP contribution in [0.15, 0.2) is 23.1 Å². The molecular formula is C15H19N3OS2. The Morgan fingerprint density at radius 1 is 1.52 bits per heavy atom. The Balaban J connectivity index is 1.84. The minimum Gasteiger partial charge on any atom is -0.352 e. The first-order valence-corrected chi connectivity index (χ1v) is 9.17. The Hall–Kier alpha value is -1.27. The van der Waals surface area contributed by atoms with E-state index in [1.165, 1.54) is 9.60 Å². The van der Waals surface area contributed by atoms with Gasteiger partial charge in [0, 0.05) is 31.0 Å². The van der Waals surface area contributed by atoms with Crippen molar-refractivity contribution in [3.63, 3.8) is 0 Å². The highest BCUT2D eigenvalue weighted by atomic mass is 32.2. The SMILES string of the molecule is CSc1cccc2sc(N3CCCC(NC(C)=O)C3)nc12. The van der Waals surface area contributed by atoms with E-state index < -0.39 is 0 Å². The summed E-state index contributed by atoms with van der Waals surface area (Å²) in [6.45, 7) is 3.46. The highest BCUT2D eigenvalue weighted by Gasteiger charge is 2.23. The minimum absolute atomic E-state index is 0.0517. The zero-order chi connectivity index (χ0) is 14.8. The van der Waals surface area contributed by atoms with Crippen LogP contribution in [0, 0.1) is 0 Å². The summed E-state index contributed by atoms with van der Waals surface area (Å²) < 4.78 is 1.23. The second-order valence-electron chi connectivity index (χ2n) is 5.29. The number of para-hydroxylation sites is 1. The van der Waals surface area contributed by atoms with Gasteiger partial charge in [-0.05, 0) is 31.2 Å². The van der Waals surface area contributed by atoms with Gasteiger partial charge in [-0.25, -0.2) is 4.98 Å². The van der Waals surface area contributed by atoms with Crippen LogP contribution >= 0.6 is 23.1 Å². The number of nitrogens with zero attached hydrogens (tertiary/aromatic N) is 2. The molecule has 0 saturated carbocycles. The molecule has 112 valence electrons. The smallest absolute Gasteiger partial charge is 0.217 e. The molecule has 0 aliphatic carbocycles. The number of nitrogens with one attached hydrogen (secondary N) is 1. The summed E-state index contributed by atoms with van der Waals surface area (Å²) in [5.41, 5.74) is 1.10. The Morgan fingerprint density at radius 3 is 3.14 bits per heavy atom. The number of anilines is 1. The molecule has 2 heterocycles. The fourth-order valence-corrected chi connectivity index (χ4v) is 4.42. The van der Waals surface area contributed by atoms with Gasteiger partial charge in [-0.3, -0.25) is 4.79 Å².